The smallest absolute Gasteiger partial charge is 0.352 e. The van der Waals surface area contributed by atoms with Gasteiger partial charge in [0.2, 0.25) is 5.95 Å². The van der Waals surface area contributed by atoms with Crippen molar-refractivity contribution >= 4 is 23.1 Å². The molecule has 25 heavy (non-hydrogen) atoms. The first-order valence-electron chi connectivity index (χ1n) is 7.43. The summed E-state index contributed by atoms with van der Waals surface area (Å²) in [5.74, 6) is -0.212. The fourth-order valence-electron chi connectivity index (χ4n) is 1.86. The van der Waals surface area contributed by atoms with E-state index in [1.807, 2.05) is 6.92 Å². The first-order chi connectivity index (χ1) is 11.7. The Labute approximate surface area is 141 Å². The standard InChI is InChI=1S/C15H16F3N5O2/c1-3-9(2)19-14-21-12(15(16,17)18)8-13(22-14)20-10-4-6-11(7-5-10)23(24)25/h4-9H,3H2,1-2H3,(H2,19,20,21,22)/t9-/m0/s1. The van der Waals surface area contributed by atoms with E-state index in [0.717, 1.165) is 6.07 Å². The third kappa shape index (κ3) is 5.03. The van der Waals surface area contributed by atoms with E-state index in [2.05, 4.69) is 20.6 Å². The molecule has 2 aromatic rings. The van der Waals surface area contributed by atoms with Gasteiger partial charge in [0.15, 0.2) is 5.69 Å². The molecule has 134 valence electrons. The Hall–Kier alpha value is -2.91. The lowest BCUT2D eigenvalue weighted by Crippen LogP contribution is -2.18. The predicted molar refractivity (Wildman–Crippen MR) is 86.8 cm³/mol. The molecule has 0 saturated carbocycles. The average molecular weight is 355 g/mol. The Morgan fingerprint density at radius 1 is 1.24 bits per heavy atom. The van der Waals surface area contributed by atoms with Gasteiger partial charge in [-0.15, -0.1) is 0 Å². The largest absolute Gasteiger partial charge is 0.433 e. The lowest BCUT2D eigenvalue weighted by molar-refractivity contribution is -0.384. The molecule has 0 radical (unpaired) electrons. The number of anilines is 3. The Balaban J connectivity index is 2.31. The third-order valence-electron chi connectivity index (χ3n) is 3.35. The predicted octanol–water partition coefficient (Wildman–Crippen LogP) is 4.36. The first kappa shape index (κ1) is 18.4. The summed E-state index contributed by atoms with van der Waals surface area (Å²) in [5.41, 5.74) is -0.840. The maximum Gasteiger partial charge on any atom is 0.433 e. The van der Waals surface area contributed by atoms with Crippen molar-refractivity contribution in [2.75, 3.05) is 10.6 Å². The van der Waals surface area contributed by atoms with Gasteiger partial charge in [0.25, 0.3) is 5.69 Å². The molecule has 0 aliphatic rings. The quantitative estimate of drug-likeness (QED) is 0.591. The molecule has 7 nitrogen and oxygen atoms in total. The van der Waals surface area contributed by atoms with Crippen molar-refractivity contribution in [2.45, 2.75) is 32.5 Å². The van der Waals surface area contributed by atoms with Crippen LogP contribution in [0.15, 0.2) is 30.3 Å². The van der Waals surface area contributed by atoms with Crippen LogP contribution >= 0.6 is 0 Å². The van der Waals surface area contributed by atoms with E-state index in [1.54, 1.807) is 6.92 Å². The highest BCUT2D eigenvalue weighted by molar-refractivity contribution is 5.59. The molecule has 0 aliphatic heterocycles. The molecule has 1 atom stereocenters. The molecule has 2 N–H and O–H groups in total. The average Bonchev–Trinajstić information content (AvgIpc) is 2.54. The van der Waals surface area contributed by atoms with Crippen LogP contribution in [-0.4, -0.2) is 20.9 Å². The molecular formula is C15H16F3N5O2. The summed E-state index contributed by atoms with van der Waals surface area (Å²) in [7, 11) is 0. The maximum atomic E-state index is 13.0. The van der Waals surface area contributed by atoms with Crippen molar-refractivity contribution in [2.24, 2.45) is 0 Å². The lowest BCUT2D eigenvalue weighted by atomic mass is 10.2. The van der Waals surface area contributed by atoms with E-state index in [0.29, 0.717) is 12.1 Å². The number of rotatable bonds is 6. The summed E-state index contributed by atoms with van der Waals surface area (Å²) in [6.07, 6.45) is -3.94. The molecule has 10 heteroatoms. The molecule has 0 bridgehead atoms. The van der Waals surface area contributed by atoms with Crippen LogP contribution in [0.25, 0.3) is 0 Å². The van der Waals surface area contributed by atoms with E-state index >= 15 is 0 Å². The van der Waals surface area contributed by atoms with Crippen LogP contribution < -0.4 is 10.6 Å². The summed E-state index contributed by atoms with van der Waals surface area (Å²) in [6.45, 7) is 3.67. The van der Waals surface area contributed by atoms with Gasteiger partial charge in [-0.05, 0) is 25.5 Å². The zero-order valence-corrected chi connectivity index (χ0v) is 13.5. The summed E-state index contributed by atoms with van der Waals surface area (Å²) in [5, 5.41) is 16.1. The van der Waals surface area contributed by atoms with Crippen LogP contribution in [0, 0.1) is 10.1 Å². The minimum absolute atomic E-state index is 0.0676. The molecule has 0 saturated heterocycles. The van der Waals surface area contributed by atoms with E-state index in [4.69, 9.17) is 0 Å². The highest BCUT2D eigenvalue weighted by Crippen LogP contribution is 2.30. The normalized spacial score (nSPS) is 12.5. The van der Waals surface area contributed by atoms with E-state index < -0.39 is 16.8 Å². The van der Waals surface area contributed by atoms with Gasteiger partial charge < -0.3 is 10.6 Å². The second-order valence-electron chi connectivity index (χ2n) is 5.34. The van der Waals surface area contributed by atoms with Crippen LogP contribution in [-0.2, 0) is 6.18 Å². The number of non-ortho nitro benzene ring substituents is 1. The van der Waals surface area contributed by atoms with Crippen molar-refractivity contribution in [1.29, 1.82) is 0 Å². The minimum atomic E-state index is -4.62. The summed E-state index contributed by atoms with van der Waals surface area (Å²) < 4.78 is 39.1. The SMILES string of the molecule is CC[C@H](C)Nc1nc(Nc2ccc([N+](=O)[O-])cc2)cc(C(F)(F)F)n1. The topological polar surface area (TPSA) is 93.0 Å². The lowest BCUT2D eigenvalue weighted by Gasteiger charge is -2.15. The zero-order chi connectivity index (χ0) is 18.6. The second-order valence-corrected chi connectivity index (χ2v) is 5.34. The summed E-state index contributed by atoms with van der Waals surface area (Å²) in [6, 6.07) is 5.93. The molecule has 1 aromatic carbocycles. The second kappa shape index (κ2) is 7.32. The van der Waals surface area contributed by atoms with Gasteiger partial charge in [0.1, 0.15) is 5.82 Å². The van der Waals surface area contributed by atoms with Crippen LogP contribution in [0.3, 0.4) is 0 Å². The van der Waals surface area contributed by atoms with Crippen molar-refractivity contribution in [3.63, 3.8) is 0 Å². The zero-order valence-electron chi connectivity index (χ0n) is 13.5. The number of nitrogens with one attached hydrogen (secondary N) is 2. The van der Waals surface area contributed by atoms with Crippen LogP contribution in [0.5, 0.6) is 0 Å². The van der Waals surface area contributed by atoms with Crippen molar-refractivity contribution in [3.05, 3.63) is 46.1 Å². The fourth-order valence-corrected chi connectivity index (χ4v) is 1.86. The summed E-state index contributed by atoms with van der Waals surface area (Å²) >= 11 is 0. The fraction of sp³-hybridized carbons (Fsp3) is 0.333. The Bertz CT molecular complexity index is 750. The number of halogens is 3. The van der Waals surface area contributed by atoms with Crippen molar-refractivity contribution < 1.29 is 18.1 Å². The Morgan fingerprint density at radius 3 is 2.40 bits per heavy atom. The van der Waals surface area contributed by atoms with Gasteiger partial charge in [-0.3, -0.25) is 10.1 Å². The molecular weight excluding hydrogens is 339 g/mol. The summed E-state index contributed by atoms with van der Waals surface area (Å²) in [4.78, 5) is 17.6. The van der Waals surface area contributed by atoms with Gasteiger partial charge >= 0.3 is 6.18 Å². The molecule has 1 aromatic heterocycles. The number of benzene rings is 1. The van der Waals surface area contributed by atoms with E-state index in [-0.39, 0.29) is 23.5 Å². The molecule has 0 amide bonds. The van der Waals surface area contributed by atoms with Crippen molar-refractivity contribution in [3.8, 4) is 0 Å². The van der Waals surface area contributed by atoms with Crippen LogP contribution in [0.4, 0.5) is 36.3 Å². The minimum Gasteiger partial charge on any atom is -0.352 e. The molecule has 1 heterocycles. The number of aromatic nitrogens is 2. The molecule has 0 fully saturated rings. The monoisotopic (exact) mass is 355 g/mol. The number of hydrogen-bond donors (Lipinski definition) is 2. The molecule has 2 rings (SSSR count). The van der Waals surface area contributed by atoms with Crippen LogP contribution in [0.2, 0.25) is 0 Å². The number of alkyl halides is 3. The number of nitro benzene ring substituents is 1. The van der Waals surface area contributed by atoms with Crippen molar-refractivity contribution in [1.82, 2.24) is 9.97 Å². The first-order valence-corrected chi connectivity index (χ1v) is 7.43. The number of nitro groups is 1. The third-order valence-corrected chi connectivity index (χ3v) is 3.35. The van der Waals surface area contributed by atoms with Gasteiger partial charge in [0, 0.05) is 29.9 Å². The molecule has 0 unspecified atom stereocenters. The van der Waals surface area contributed by atoms with Gasteiger partial charge in [-0.2, -0.15) is 18.2 Å². The van der Waals surface area contributed by atoms with Crippen LogP contribution in [0.1, 0.15) is 26.0 Å². The molecule has 0 aliphatic carbocycles. The number of nitrogens with zero attached hydrogens (tertiary/aromatic N) is 3. The van der Waals surface area contributed by atoms with E-state index in [1.165, 1.54) is 24.3 Å². The van der Waals surface area contributed by atoms with E-state index in [9.17, 15) is 23.3 Å². The van der Waals surface area contributed by atoms with Gasteiger partial charge in [0.05, 0.1) is 4.92 Å². The highest BCUT2D eigenvalue weighted by atomic mass is 19.4. The maximum absolute atomic E-state index is 13.0. The van der Waals surface area contributed by atoms with Gasteiger partial charge in [-0.1, -0.05) is 6.92 Å². The Kier molecular flexibility index (Phi) is 5.40. The highest BCUT2D eigenvalue weighted by Gasteiger charge is 2.33. The van der Waals surface area contributed by atoms with Gasteiger partial charge in [-0.25, -0.2) is 4.98 Å². The number of hydrogen-bond acceptors (Lipinski definition) is 6. The molecule has 0 spiro atoms. The Morgan fingerprint density at radius 2 is 1.88 bits per heavy atom.